The third kappa shape index (κ3) is 7.34. The third-order valence-electron chi connectivity index (χ3n) is 3.92. The van der Waals surface area contributed by atoms with E-state index in [2.05, 4.69) is 27.7 Å². The average Bonchev–Trinajstić information content (AvgIpc) is 2.50. The molecule has 0 fully saturated rings. The molecule has 1 aromatic rings. The van der Waals surface area contributed by atoms with Crippen LogP contribution < -0.4 is 9.84 Å². The van der Waals surface area contributed by atoms with Crippen molar-refractivity contribution in [3.05, 3.63) is 28.2 Å². The Morgan fingerprint density at radius 2 is 1.59 bits per heavy atom. The molecule has 0 aromatic heterocycles. The van der Waals surface area contributed by atoms with Crippen LogP contribution in [-0.2, 0) is 4.79 Å². The van der Waals surface area contributed by atoms with E-state index in [1.54, 1.807) is 6.07 Å². The molecule has 0 saturated carbocycles. The van der Waals surface area contributed by atoms with Gasteiger partial charge in [0.2, 0.25) is 0 Å². The van der Waals surface area contributed by atoms with Gasteiger partial charge < -0.3 is 19.1 Å². The Hall–Kier alpha value is -0.970. The molecule has 1 rings (SSSR count). The van der Waals surface area contributed by atoms with Crippen molar-refractivity contribution < 1.29 is 19.1 Å². The molecule has 0 aliphatic rings. The van der Waals surface area contributed by atoms with Crippen molar-refractivity contribution >= 4 is 29.2 Å². The number of nitrogens with zero attached hydrogens (tertiary/aromatic N) is 1. The first-order valence-electron chi connectivity index (χ1n) is 7.46. The average molecular weight is 350 g/mol. The van der Waals surface area contributed by atoms with E-state index in [-0.39, 0.29) is 10.8 Å². The lowest BCUT2D eigenvalue weighted by Gasteiger charge is -2.34. The maximum Gasteiger partial charge on any atom is 0.138 e. The fourth-order valence-electron chi connectivity index (χ4n) is 2.07. The van der Waals surface area contributed by atoms with Gasteiger partial charge in [0, 0.05) is 5.02 Å². The van der Waals surface area contributed by atoms with Crippen LogP contribution in [0, 0.1) is 0 Å². The van der Waals surface area contributed by atoms with Crippen LogP contribution in [0.1, 0.15) is 27.7 Å². The molecule has 0 amide bonds. The van der Waals surface area contributed by atoms with E-state index in [9.17, 15) is 9.90 Å². The summed E-state index contributed by atoms with van der Waals surface area (Å²) in [5.41, 5.74) is 0. The Kier molecular flexibility index (Phi) is 10.2. The Morgan fingerprint density at radius 3 is 1.91 bits per heavy atom. The van der Waals surface area contributed by atoms with E-state index in [0.717, 1.165) is 0 Å². The number of hydrogen-bond acceptors (Lipinski definition) is 3. The molecule has 1 aromatic carbocycles. The highest BCUT2D eigenvalue weighted by atomic mass is 35.5. The van der Waals surface area contributed by atoms with Gasteiger partial charge in [-0.3, -0.25) is 0 Å². The summed E-state index contributed by atoms with van der Waals surface area (Å²) in [4.78, 5) is 10.0. The Morgan fingerprint density at radius 1 is 1.09 bits per heavy atom. The maximum absolute atomic E-state index is 10.0. The maximum atomic E-state index is 10.0. The van der Waals surface area contributed by atoms with Crippen molar-refractivity contribution in [2.75, 3.05) is 32.8 Å². The molecule has 0 aliphatic carbocycles. The van der Waals surface area contributed by atoms with Gasteiger partial charge in [0.25, 0.3) is 0 Å². The van der Waals surface area contributed by atoms with Crippen molar-refractivity contribution in [1.29, 1.82) is 0 Å². The molecule has 0 radical (unpaired) electrons. The highest BCUT2D eigenvalue weighted by molar-refractivity contribution is 6.35. The molecule has 0 spiro atoms. The summed E-state index contributed by atoms with van der Waals surface area (Å²) >= 11 is 11.3. The number of rotatable bonds is 7. The molecule has 0 aliphatic heterocycles. The number of quaternary nitrogens is 1. The van der Waals surface area contributed by atoms with Gasteiger partial charge in [-0.2, -0.15) is 0 Å². The SMILES string of the molecule is CC[N+](CC)(CC)CC.O=C([O-])COc1ccc(Cl)cc1Cl. The zero-order valence-electron chi connectivity index (χ0n) is 13.7. The van der Waals surface area contributed by atoms with Gasteiger partial charge in [-0.05, 0) is 45.9 Å². The molecular weight excluding hydrogens is 325 g/mol. The molecule has 0 saturated heterocycles. The van der Waals surface area contributed by atoms with Crippen LogP contribution >= 0.6 is 23.2 Å². The number of hydrogen-bond donors (Lipinski definition) is 0. The number of carbonyl (C=O) groups is 1. The van der Waals surface area contributed by atoms with Gasteiger partial charge in [0.15, 0.2) is 0 Å². The summed E-state index contributed by atoms with van der Waals surface area (Å²) in [6.45, 7) is 13.7. The number of carbonyl (C=O) groups excluding carboxylic acids is 1. The summed E-state index contributed by atoms with van der Waals surface area (Å²) < 4.78 is 6.08. The minimum Gasteiger partial charge on any atom is -0.546 e. The largest absolute Gasteiger partial charge is 0.546 e. The second kappa shape index (κ2) is 10.7. The van der Waals surface area contributed by atoms with Gasteiger partial charge in [0.05, 0.1) is 37.2 Å². The van der Waals surface area contributed by atoms with Crippen LogP contribution in [0.4, 0.5) is 0 Å². The molecule has 4 nitrogen and oxygen atoms in total. The van der Waals surface area contributed by atoms with Crippen molar-refractivity contribution in [2.45, 2.75) is 27.7 Å². The standard InChI is InChI=1S/C8H6Cl2O3.C8H20N/c9-5-1-2-7(6(10)3-5)13-4-8(11)12;1-5-9(6-2,7-3)8-4/h1-3H,4H2,(H,11,12);5-8H2,1-4H3/q;+1/p-1. The quantitative estimate of drug-likeness (QED) is 0.711. The normalized spacial score (nSPS) is 10.6. The molecular formula is C16H25Cl2NO3. The second-order valence-corrected chi connectivity index (χ2v) is 5.69. The Bertz CT molecular complexity index is 445. The zero-order chi connectivity index (χ0) is 17.2. The molecule has 0 heterocycles. The highest BCUT2D eigenvalue weighted by Crippen LogP contribution is 2.27. The van der Waals surface area contributed by atoms with Gasteiger partial charge >= 0.3 is 0 Å². The topological polar surface area (TPSA) is 49.4 Å². The molecule has 6 heteroatoms. The highest BCUT2D eigenvalue weighted by Gasteiger charge is 2.16. The van der Waals surface area contributed by atoms with Crippen molar-refractivity contribution in [3.63, 3.8) is 0 Å². The first-order valence-corrected chi connectivity index (χ1v) is 8.22. The van der Waals surface area contributed by atoms with Crippen LogP contribution in [0.3, 0.4) is 0 Å². The van der Waals surface area contributed by atoms with Crippen molar-refractivity contribution in [3.8, 4) is 5.75 Å². The fourth-order valence-corrected chi connectivity index (χ4v) is 2.53. The molecule has 0 N–H and O–H groups in total. The summed E-state index contributed by atoms with van der Waals surface area (Å²) in [5, 5.41) is 10.8. The van der Waals surface area contributed by atoms with Crippen LogP contribution in [0.15, 0.2) is 18.2 Å². The number of benzene rings is 1. The van der Waals surface area contributed by atoms with E-state index in [4.69, 9.17) is 27.9 Å². The third-order valence-corrected chi connectivity index (χ3v) is 4.45. The summed E-state index contributed by atoms with van der Waals surface area (Å²) in [7, 11) is 0. The zero-order valence-corrected chi connectivity index (χ0v) is 15.2. The minimum absolute atomic E-state index is 0.272. The van der Waals surface area contributed by atoms with Crippen LogP contribution in [0.5, 0.6) is 5.75 Å². The second-order valence-electron chi connectivity index (χ2n) is 4.84. The lowest BCUT2D eigenvalue weighted by molar-refractivity contribution is -0.921. The molecule has 0 bridgehead atoms. The van der Waals surface area contributed by atoms with E-state index in [0.29, 0.717) is 5.02 Å². The van der Waals surface area contributed by atoms with E-state index >= 15 is 0 Å². The first-order chi connectivity index (χ1) is 10.3. The van der Waals surface area contributed by atoms with E-state index in [1.807, 2.05) is 0 Å². The smallest absolute Gasteiger partial charge is 0.138 e. The van der Waals surface area contributed by atoms with Gasteiger partial charge in [-0.25, -0.2) is 0 Å². The summed E-state index contributed by atoms with van der Waals surface area (Å²) in [6, 6.07) is 4.51. The molecule has 126 valence electrons. The van der Waals surface area contributed by atoms with Crippen LogP contribution in [-0.4, -0.2) is 43.2 Å². The van der Waals surface area contributed by atoms with Gasteiger partial charge in [0.1, 0.15) is 12.4 Å². The molecule has 0 atom stereocenters. The van der Waals surface area contributed by atoms with Crippen molar-refractivity contribution in [1.82, 2.24) is 0 Å². The number of ether oxygens (including phenoxy) is 1. The Balaban J connectivity index is 0.000000433. The summed E-state index contributed by atoms with van der Waals surface area (Å²) in [6.07, 6.45) is 0. The number of carboxylic acids is 1. The first kappa shape index (κ1) is 21.0. The number of aliphatic carboxylic acids is 1. The number of carboxylic acid groups (broad SMARTS) is 1. The minimum atomic E-state index is -1.30. The predicted octanol–water partition coefficient (Wildman–Crippen LogP) is 3.00. The molecule has 0 unspecified atom stereocenters. The van der Waals surface area contributed by atoms with Crippen molar-refractivity contribution in [2.24, 2.45) is 0 Å². The van der Waals surface area contributed by atoms with Crippen LogP contribution in [0.2, 0.25) is 10.0 Å². The Labute approximate surface area is 143 Å². The monoisotopic (exact) mass is 349 g/mol. The summed E-state index contributed by atoms with van der Waals surface area (Å²) in [5.74, 6) is -1.03. The molecule has 22 heavy (non-hydrogen) atoms. The van der Waals surface area contributed by atoms with E-state index < -0.39 is 12.6 Å². The van der Waals surface area contributed by atoms with Crippen LogP contribution in [0.25, 0.3) is 0 Å². The van der Waals surface area contributed by atoms with E-state index in [1.165, 1.54) is 42.8 Å². The predicted molar refractivity (Wildman–Crippen MR) is 89.4 cm³/mol. The fraction of sp³-hybridized carbons (Fsp3) is 0.562. The lowest BCUT2D eigenvalue weighted by atomic mass is 10.3. The lowest BCUT2D eigenvalue weighted by Crippen LogP contribution is -2.47. The van der Waals surface area contributed by atoms with Gasteiger partial charge in [-0.15, -0.1) is 0 Å². The number of halogens is 2. The van der Waals surface area contributed by atoms with Gasteiger partial charge in [-0.1, -0.05) is 23.2 Å².